The van der Waals surface area contributed by atoms with Crippen LogP contribution in [0.25, 0.3) is 0 Å². The first kappa shape index (κ1) is 9.43. The van der Waals surface area contributed by atoms with Crippen molar-refractivity contribution in [1.29, 1.82) is 0 Å². The molecule has 1 aliphatic rings. The largest absolute Gasteiger partial charge is 0.505 e. The van der Waals surface area contributed by atoms with Crippen molar-refractivity contribution in [2.24, 2.45) is 5.92 Å². The minimum atomic E-state index is -2.50. The maximum atomic E-state index is 12.8. The fraction of sp³-hybridized carbons (Fsp3) is 0.667. The van der Waals surface area contributed by atoms with Crippen LogP contribution in [0.3, 0.4) is 0 Å². The van der Waals surface area contributed by atoms with Crippen molar-refractivity contribution >= 4 is 0 Å². The van der Waals surface area contributed by atoms with Crippen LogP contribution in [0.5, 0.6) is 5.75 Å². The number of aromatic hydroxyl groups is 1. The molecule has 1 fully saturated rings. The van der Waals surface area contributed by atoms with E-state index in [9.17, 15) is 8.78 Å². The first-order valence-electron chi connectivity index (χ1n) is 4.64. The number of hydrogen-bond donors (Lipinski definition) is 1. The lowest BCUT2D eigenvalue weighted by Gasteiger charge is -2.10. The normalized spacial score (nSPS) is 25.4. The van der Waals surface area contributed by atoms with E-state index < -0.39 is 5.92 Å². The summed E-state index contributed by atoms with van der Waals surface area (Å²) in [6, 6.07) is 0. The summed E-state index contributed by atoms with van der Waals surface area (Å²) in [7, 11) is 0. The summed E-state index contributed by atoms with van der Waals surface area (Å²) in [6.07, 6.45) is 3.22. The van der Waals surface area contributed by atoms with E-state index in [1.807, 2.05) is 0 Å². The summed E-state index contributed by atoms with van der Waals surface area (Å²) in [5.74, 6) is -2.45. The molecule has 0 radical (unpaired) electrons. The maximum absolute atomic E-state index is 12.8. The van der Waals surface area contributed by atoms with Crippen LogP contribution in [0.15, 0.2) is 12.4 Å². The Morgan fingerprint density at radius 2 is 2.43 bits per heavy atom. The van der Waals surface area contributed by atoms with E-state index in [-0.39, 0.29) is 24.5 Å². The Balaban J connectivity index is 1.94. The molecule has 78 valence electrons. The molecule has 1 heterocycles. The minimum absolute atomic E-state index is 0.0229. The summed E-state index contributed by atoms with van der Waals surface area (Å²) in [5, 5.41) is 12.8. The molecule has 0 saturated heterocycles. The maximum Gasteiger partial charge on any atom is 0.248 e. The molecule has 1 aliphatic carbocycles. The van der Waals surface area contributed by atoms with Crippen LogP contribution < -0.4 is 0 Å². The van der Waals surface area contributed by atoms with Gasteiger partial charge in [0.1, 0.15) is 0 Å². The third kappa shape index (κ3) is 2.02. The van der Waals surface area contributed by atoms with Crippen molar-refractivity contribution in [3.05, 3.63) is 12.4 Å². The van der Waals surface area contributed by atoms with E-state index in [1.165, 1.54) is 17.1 Å². The van der Waals surface area contributed by atoms with Gasteiger partial charge in [0.2, 0.25) is 5.92 Å². The average molecular weight is 202 g/mol. The van der Waals surface area contributed by atoms with Gasteiger partial charge in [0.25, 0.3) is 0 Å². The monoisotopic (exact) mass is 202 g/mol. The van der Waals surface area contributed by atoms with Gasteiger partial charge in [-0.25, -0.2) is 8.78 Å². The highest BCUT2D eigenvalue weighted by Crippen LogP contribution is 2.39. The van der Waals surface area contributed by atoms with E-state index in [0.29, 0.717) is 13.0 Å². The topological polar surface area (TPSA) is 38.1 Å². The molecule has 1 saturated carbocycles. The molecule has 1 N–H and O–H groups in total. The van der Waals surface area contributed by atoms with Gasteiger partial charge in [-0.2, -0.15) is 5.10 Å². The van der Waals surface area contributed by atoms with Crippen molar-refractivity contribution in [3.8, 4) is 5.75 Å². The van der Waals surface area contributed by atoms with Gasteiger partial charge in [-0.3, -0.25) is 4.68 Å². The summed E-state index contributed by atoms with van der Waals surface area (Å²) < 4.78 is 27.2. The molecule has 0 aromatic carbocycles. The Kier molecular flexibility index (Phi) is 2.17. The van der Waals surface area contributed by atoms with Crippen molar-refractivity contribution < 1.29 is 13.9 Å². The van der Waals surface area contributed by atoms with Gasteiger partial charge in [-0.15, -0.1) is 0 Å². The predicted molar refractivity (Wildman–Crippen MR) is 46.2 cm³/mol. The molecule has 5 heteroatoms. The molecule has 14 heavy (non-hydrogen) atoms. The third-order valence-electron chi connectivity index (χ3n) is 2.57. The predicted octanol–water partition coefficient (Wildman–Crippen LogP) is 2.02. The van der Waals surface area contributed by atoms with Crippen LogP contribution in [0.2, 0.25) is 0 Å². The highest BCUT2D eigenvalue weighted by Gasteiger charge is 2.39. The van der Waals surface area contributed by atoms with Crippen LogP contribution in [-0.2, 0) is 6.54 Å². The lowest BCUT2D eigenvalue weighted by molar-refractivity contribution is 0.00423. The van der Waals surface area contributed by atoms with Gasteiger partial charge in [0.05, 0.1) is 12.4 Å². The number of rotatable bonds is 2. The van der Waals surface area contributed by atoms with Crippen LogP contribution in [0, 0.1) is 5.92 Å². The van der Waals surface area contributed by atoms with Gasteiger partial charge in [0.15, 0.2) is 5.75 Å². The van der Waals surface area contributed by atoms with Crippen molar-refractivity contribution in [2.75, 3.05) is 0 Å². The van der Waals surface area contributed by atoms with Crippen molar-refractivity contribution in [3.63, 3.8) is 0 Å². The quantitative estimate of drug-likeness (QED) is 0.796. The number of hydrogen-bond acceptors (Lipinski definition) is 2. The van der Waals surface area contributed by atoms with E-state index in [0.717, 1.165) is 0 Å². The molecule has 0 amide bonds. The lowest BCUT2D eigenvalue weighted by atomic mass is 10.1. The van der Waals surface area contributed by atoms with E-state index in [2.05, 4.69) is 5.10 Å². The number of aromatic nitrogens is 2. The Labute approximate surface area is 80.3 Å². The molecule has 1 aromatic heterocycles. The van der Waals surface area contributed by atoms with Gasteiger partial charge >= 0.3 is 0 Å². The second-order valence-electron chi connectivity index (χ2n) is 3.89. The average Bonchev–Trinajstić information content (AvgIpc) is 2.59. The number of nitrogens with zero attached hydrogens (tertiary/aromatic N) is 2. The molecule has 2 rings (SSSR count). The summed E-state index contributed by atoms with van der Waals surface area (Å²) in [4.78, 5) is 0. The zero-order valence-corrected chi connectivity index (χ0v) is 7.66. The highest BCUT2D eigenvalue weighted by atomic mass is 19.3. The molecule has 1 aromatic rings. The smallest absolute Gasteiger partial charge is 0.248 e. The Morgan fingerprint density at radius 3 is 2.93 bits per heavy atom. The van der Waals surface area contributed by atoms with Crippen LogP contribution in [0.4, 0.5) is 8.78 Å². The van der Waals surface area contributed by atoms with E-state index >= 15 is 0 Å². The molecule has 3 nitrogen and oxygen atoms in total. The SMILES string of the molecule is Oc1cnn(CC2CCC(F)(F)C2)c1. The molecular formula is C9H12F2N2O. The molecule has 0 bridgehead atoms. The van der Waals surface area contributed by atoms with Crippen molar-refractivity contribution in [1.82, 2.24) is 9.78 Å². The van der Waals surface area contributed by atoms with Crippen LogP contribution in [-0.4, -0.2) is 20.8 Å². The van der Waals surface area contributed by atoms with E-state index in [4.69, 9.17) is 5.11 Å². The molecular weight excluding hydrogens is 190 g/mol. The highest BCUT2D eigenvalue weighted by molar-refractivity contribution is 5.08. The summed E-state index contributed by atoms with van der Waals surface area (Å²) in [5.41, 5.74) is 0. The number of halogens is 2. The first-order chi connectivity index (χ1) is 6.55. The summed E-state index contributed by atoms with van der Waals surface area (Å²) >= 11 is 0. The first-order valence-corrected chi connectivity index (χ1v) is 4.64. The lowest BCUT2D eigenvalue weighted by Crippen LogP contribution is -2.13. The zero-order valence-electron chi connectivity index (χ0n) is 7.66. The van der Waals surface area contributed by atoms with Gasteiger partial charge in [-0.1, -0.05) is 0 Å². The minimum Gasteiger partial charge on any atom is -0.505 e. The van der Waals surface area contributed by atoms with Gasteiger partial charge < -0.3 is 5.11 Å². The fourth-order valence-electron chi connectivity index (χ4n) is 1.91. The van der Waals surface area contributed by atoms with Crippen molar-refractivity contribution in [2.45, 2.75) is 31.7 Å². The third-order valence-corrected chi connectivity index (χ3v) is 2.57. The fourth-order valence-corrected chi connectivity index (χ4v) is 1.91. The van der Waals surface area contributed by atoms with Gasteiger partial charge in [0, 0.05) is 19.4 Å². The Morgan fingerprint density at radius 1 is 1.64 bits per heavy atom. The standard InChI is InChI=1S/C9H12F2N2O/c10-9(11)2-1-7(3-9)5-13-6-8(14)4-12-13/h4,6-7,14H,1-3,5H2. The summed E-state index contributed by atoms with van der Waals surface area (Å²) in [6.45, 7) is 0.468. The number of alkyl halides is 2. The zero-order chi connectivity index (χ0) is 10.2. The van der Waals surface area contributed by atoms with Crippen LogP contribution in [0.1, 0.15) is 19.3 Å². The Bertz CT molecular complexity index is 324. The molecule has 0 spiro atoms. The second-order valence-corrected chi connectivity index (χ2v) is 3.89. The van der Waals surface area contributed by atoms with Gasteiger partial charge in [-0.05, 0) is 12.3 Å². The molecule has 1 unspecified atom stereocenters. The van der Waals surface area contributed by atoms with Crippen LogP contribution >= 0.6 is 0 Å². The Hall–Kier alpha value is -1.13. The molecule has 0 aliphatic heterocycles. The molecule has 1 atom stereocenters. The second kappa shape index (κ2) is 3.22. The van der Waals surface area contributed by atoms with E-state index in [1.54, 1.807) is 0 Å².